The zero-order valence-electron chi connectivity index (χ0n) is 15.0. The summed E-state index contributed by atoms with van der Waals surface area (Å²) in [6, 6.07) is 7.11. The van der Waals surface area contributed by atoms with E-state index in [2.05, 4.69) is 10.2 Å². The van der Waals surface area contributed by atoms with E-state index in [1.54, 1.807) is 42.5 Å². The lowest BCUT2D eigenvalue weighted by Gasteiger charge is -2.35. The van der Waals surface area contributed by atoms with Gasteiger partial charge < -0.3 is 14.5 Å². The van der Waals surface area contributed by atoms with Gasteiger partial charge in [0.2, 0.25) is 5.91 Å². The number of amides is 2. The molecule has 1 aliphatic heterocycles. The monoisotopic (exact) mass is 356 g/mol. The Morgan fingerprint density at radius 3 is 2.42 bits per heavy atom. The van der Waals surface area contributed by atoms with Gasteiger partial charge in [0.15, 0.2) is 0 Å². The summed E-state index contributed by atoms with van der Waals surface area (Å²) in [4.78, 5) is 28.5. The lowest BCUT2D eigenvalue weighted by atomic mass is 10.1. The van der Waals surface area contributed by atoms with Crippen molar-refractivity contribution in [2.45, 2.75) is 19.3 Å². The predicted molar refractivity (Wildman–Crippen MR) is 97.0 cm³/mol. The second kappa shape index (κ2) is 8.51. The first-order valence-electron chi connectivity index (χ1n) is 8.86. The van der Waals surface area contributed by atoms with E-state index in [0.29, 0.717) is 38.2 Å². The van der Waals surface area contributed by atoms with Crippen molar-refractivity contribution in [2.75, 3.05) is 33.3 Å². The summed E-state index contributed by atoms with van der Waals surface area (Å²) in [6.07, 6.45) is 5.82. The third-order valence-corrected chi connectivity index (χ3v) is 4.67. The van der Waals surface area contributed by atoms with E-state index in [9.17, 15) is 9.59 Å². The Labute approximate surface area is 152 Å². The van der Waals surface area contributed by atoms with Crippen LogP contribution in [0.4, 0.5) is 0 Å². The molecule has 2 aromatic rings. The minimum Gasteiger partial charge on any atom is -0.497 e. The molecule has 7 nitrogen and oxygen atoms in total. The normalized spacial score (nSPS) is 14.3. The topological polar surface area (TPSA) is 78.5 Å². The second-order valence-electron chi connectivity index (χ2n) is 6.36. The van der Waals surface area contributed by atoms with Gasteiger partial charge in [-0.05, 0) is 42.7 Å². The number of benzene rings is 1. The van der Waals surface area contributed by atoms with Crippen molar-refractivity contribution >= 4 is 11.8 Å². The van der Waals surface area contributed by atoms with Gasteiger partial charge in [0, 0.05) is 44.4 Å². The van der Waals surface area contributed by atoms with Crippen molar-refractivity contribution in [1.29, 1.82) is 0 Å². The van der Waals surface area contributed by atoms with E-state index < -0.39 is 0 Å². The van der Waals surface area contributed by atoms with Gasteiger partial charge in [0.25, 0.3) is 5.91 Å². The van der Waals surface area contributed by atoms with Crippen molar-refractivity contribution in [3.63, 3.8) is 0 Å². The lowest BCUT2D eigenvalue weighted by Crippen LogP contribution is -2.50. The van der Waals surface area contributed by atoms with Gasteiger partial charge in [-0.2, -0.15) is 5.10 Å². The lowest BCUT2D eigenvalue weighted by molar-refractivity contribution is -0.132. The molecule has 1 aliphatic rings. The van der Waals surface area contributed by atoms with Gasteiger partial charge in [-0.1, -0.05) is 0 Å². The molecule has 1 aromatic carbocycles. The Bertz CT molecular complexity index is 720. The van der Waals surface area contributed by atoms with Gasteiger partial charge >= 0.3 is 0 Å². The molecule has 2 amide bonds. The fourth-order valence-electron chi connectivity index (χ4n) is 3.09. The van der Waals surface area contributed by atoms with Gasteiger partial charge in [-0.25, -0.2) is 0 Å². The van der Waals surface area contributed by atoms with Crippen LogP contribution in [0.2, 0.25) is 0 Å². The average Bonchev–Trinajstić information content (AvgIpc) is 3.21. The first-order valence-corrected chi connectivity index (χ1v) is 8.86. The number of carbonyl (C=O) groups is 2. The molecule has 0 radical (unpaired) electrons. The Morgan fingerprint density at radius 1 is 1.12 bits per heavy atom. The average molecular weight is 356 g/mol. The fourth-order valence-corrected chi connectivity index (χ4v) is 3.09. The summed E-state index contributed by atoms with van der Waals surface area (Å²) in [7, 11) is 1.60. The van der Waals surface area contributed by atoms with E-state index in [-0.39, 0.29) is 11.8 Å². The molecule has 1 fully saturated rings. The van der Waals surface area contributed by atoms with Crippen LogP contribution >= 0.6 is 0 Å². The molecule has 138 valence electrons. The molecule has 0 bridgehead atoms. The molecule has 0 aliphatic carbocycles. The minimum absolute atomic E-state index is 0.000269. The summed E-state index contributed by atoms with van der Waals surface area (Å²) in [5.41, 5.74) is 1.76. The zero-order chi connectivity index (χ0) is 18.4. The molecule has 1 saturated heterocycles. The Hall–Kier alpha value is -2.83. The van der Waals surface area contributed by atoms with Crippen LogP contribution < -0.4 is 4.74 Å². The predicted octanol–water partition coefficient (Wildman–Crippen LogP) is 1.73. The number of piperazine rings is 1. The molecule has 0 spiro atoms. The Morgan fingerprint density at radius 2 is 1.81 bits per heavy atom. The van der Waals surface area contributed by atoms with Crippen molar-refractivity contribution in [2.24, 2.45) is 0 Å². The summed E-state index contributed by atoms with van der Waals surface area (Å²) < 4.78 is 5.12. The van der Waals surface area contributed by atoms with Crippen molar-refractivity contribution in [1.82, 2.24) is 20.0 Å². The van der Waals surface area contributed by atoms with E-state index in [4.69, 9.17) is 4.74 Å². The molecule has 1 N–H and O–H groups in total. The number of aromatic amines is 1. The fraction of sp³-hybridized carbons (Fsp3) is 0.421. The van der Waals surface area contributed by atoms with Gasteiger partial charge in [0.05, 0.1) is 13.3 Å². The number of nitrogens with zero attached hydrogens (tertiary/aromatic N) is 3. The van der Waals surface area contributed by atoms with Gasteiger partial charge in [-0.3, -0.25) is 14.7 Å². The number of hydrogen-bond acceptors (Lipinski definition) is 4. The number of aromatic nitrogens is 2. The molecule has 0 saturated carbocycles. The molecule has 1 aromatic heterocycles. The quantitative estimate of drug-likeness (QED) is 0.855. The number of H-pyrrole nitrogens is 1. The molecule has 2 heterocycles. The van der Waals surface area contributed by atoms with Gasteiger partial charge in [-0.15, -0.1) is 0 Å². The van der Waals surface area contributed by atoms with Crippen LogP contribution in [0.5, 0.6) is 5.75 Å². The number of hydrogen-bond donors (Lipinski definition) is 1. The van der Waals surface area contributed by atoms with Crippen molar-refractivity contribution in [3.8, 4) is 5.75 Å². The second-order valence-corrected chi connectivity index (χ2v) is 6.36. The van der Waals surface area contributed by atoms with Crippen LogP contribution in [-0.4, -0.2) is 65.1 Å². The highest BCUT2D eigenvalue weighted by molar-refractivity contribution is 5.94. The molecule has 0 atom stereocenters. The molecular formula is C19H24N4O3. The van der Waals surface area contributed by atoms with Crippen LogP contribution in [0.15, 0.2) is 36.7 Å². The van der Waals surface area contributed by atoms with Crippen LogP contribution in [-0.2, 0) is 11.2 Å². The molecule has 3 rings (SSSR count). The van der Waals surface area contributed by atoms with Crippen LogP contribution in [0.25, 0.3) is 0 Å². The molecule has 0 unspecified atom stereocenters. The number of carbonyl (C=O) groups excluding carboxylic acids is 2. The highest BCUT2D eigenvalue weighted by Gasteiger charge is 2.24. The highest BCUT2D eigenvalue weighted by Crippen LogP contribution is 2.15. The third-order valence-electron chi connectivity index (χ3n) is 4.67. The third kappa shape index (κ3) is 4.41. The first-order chi connectivity index (χ1) is 12.7. The summed E-state index contributed by atoms with van der Waals surface area (Å²) in [6.45, 7) is 2.32. The first kappa shape index (κ1) is 18.0. The molecule has 26 heavy (non-hydrogen) atoms. The standard InChI is InChI=1S/C19H24N4O3/c1-26-17-7-5-16(6-8-17)19(25)23-11-9-22(10-12-23)18(24)4-2-3-15-13-20-21-14-15/h5-8,13-14H,2-4,9-12H2,1H3,(H,20,21). The Kier molecular flexibility index (Phi) is 5.88. The maximum absolute atomic E-state index is 12.6. The number of nitrogens with one attached hydrogen (secondary N) is 1. The van der Waals surface area contributed by atoms with Gasteiger partial charge in [0.1, 0.15) is 5.75 Å². The van der Waals surface area contributed by atoms with E-state index >= 15 is 0 Å². The van der Waals surface area contributed by atoms with Crippen molar-refractivity contribution in [3.05, 3.63) is 47.8 Å². The molecular weight excluding hydrogens is 332 g/mol. The largest absolute Gasteiger partial charge is 0.497 e. The van der Waals surface area contributed by atoms with Crippen molar-refractivity contribution < 1.29 is 14.3 Å². The number of methoxy groups -OCH3 is 1. The molecule has 7 heteroatoms. The van der Waals surface area contributed by atoms with Crippen LogP contribution in [0.3, 0.4) is 0 Å². The van der Waals surface area contributed by atoms with Crippen LogP contribution in [0, 0.1) is 0 Å². The Balaban J connectivity index is 1.44. The van der Waals surface area contributed by atoms with E-state index in [1.165, 1.54) is 0 Å². The highest BCUT2D eigenvalue weighted by atomic mass is 16.5. The number of aryl methyl sites for hydroxylation is 1. The summed E-state index contributed by atoms with van der Waals surface area (Å²) >= 11 is 0. The maximum Gasteiger partial charge on any atom is 0.253 e. The number of rotatable bonds is 6. The smallest absolute Gasteiger partial charge is 0.253 e. The van der Waals surface area contributed by atoms with E-state index in [0.717, 1.165) is 24.2 Å². The number of ether oxygens (including phenoxy) is 1. The maximum atomic E-state index is 12.6. The van der Waals surface area contributed by atoms with Crippen LogP contribution in [0.1, 0.15) is 28.8 Å². The zero-order valence-corrected chi connectivity index (χ0v) is 15.0. The summed E-state index contributed by atoms with van der Waals surface area (Å²) in [5, 5.41) is 6.68. The SMILES string of the molecule is COc1ccc(C(=O)N2CCN(C(=O)CCCc3cn[nH]c3)CC2)cc1. The minimum atomic E-state index is -0.000269. The summed E-state index contributed by atoms with van der Waals surface area (Å²) in [5.74, 6) is 0.886. The van der Waals surface area contributed by atoms with E-state index in [1.807, 2.05) is 11.1 Å².